The van der Waals surface area contributed by atoms with Crippen molar-refractivity contribution in [2.45, 2.75) is 13.0 Å². The van der Waals surface area contributed by atoms with Crippen LogP contribution in [0.3, 0.4) is 0 Å². The third-order valence-electron chi connectivity index (χ3n) is 1.86. The van der Waals surface area contributed by atoms with Crippen molar-refractivity contribution < 1.29 is 0 Å². The van der Waals surface area contributed by atoms with Gasteiger partial charge in [0.1, 0.15) is 0 Å². The second kappa shape index (κ2) is 5.19. The largest absolute Gasteiger partial charge is 0.382 e. The van der Waals surface area contributed by atoms with Gasteiger partial charge in [-0.05, 0) is 36.0 Å². The first-order chi connectivity index (χ1) is 6.24. The lowest BCUT2D eigenvalue weighted by Crippen LogP contribution is -2.29. The molecule has 0 radical (unpaired) electrons. The SMILES string of the molecule is CNC(C)CNc1ccncc1Br. The van der Waals surface area contributed by atoms with Crippen LogP contribution in [-0.4, -0.2) is 24.6 Å². The molecule has 0 aliphatic rings. The highest BCUT2D eigenvalue weighted by atomic mass is 79.9. The van der Waals surface area contributed by atoms with Gasteiger partial charge in [-0.3, -0.25) is 4.98 Å². The first kappa shape index (κ1) is 10.5. The van der Waals surface area contributed by atoms with Crippen molar-refractivity contribution in [2.75, 3.05) is 18.9 Å². The highest BCUT2D eigenvalue weighted by Crippen LogP contribution is 2.19. The number of nitrogens with one attached hydrogen (secondary N) is 2. The van der Waals surface area contributed by atoms with Crippen molar-refractivity contribution in [1.29, 1.82) is 0 Å². The Kier molecular flexibility index (Phi) is 4.18. The van der Waals surface area contributed by atoms with Crippen molar-refractivity contribution in [1.82, 2.24) is 10.3 Å². The summed E-state index contributed by atoms with van der Waals surface area (Å²) in [5.41, 5.74) is 1.08. The van der Waals surface area contributed by atoms with E-state index in [0.29, 0.717) is 6.04 Å². The van der Waals surface area contributed by atoms with Crippen LogP contribution in [0.2, 0.25) is 0 Å². The zero-order valence-corrected chi connectivity index (χ0v) is 9.43. The van der Waals surface area contributed by atoms with E-state index >= 15 is 0 Å². The summed E-state index contributed by atoms with van der Waals surface area (Å²) in [5.74, 6) is 0. The van der Waals surface area contributed by atoms with Crippen LogP contribution in [0.5, 0.6) is 0 Å². The van der Waals surface area contributed by atoms with Crippen molar-refractivity contribution >= 4 is 21.6 Å². The molecule has 0 aliphatic carbocycles. The van der Waals surface area contributed by atoms with Gasteiger partial charge in [0, 0.05) is 25.0 Å². The molecule has 0 saturated carbocycles. The van der Waals surface area contributed by atoms with Gasteiger partial charge in [0.05, 0.1) is 10.2 Å². The molecule has 1 heterocycles. The molecule has 0 bridgehead atoms. The number of halogens is 1. The molecule has 0 aliphatic heterocycles. The molecule has 0 spiro atoms. The predicted molar refractivity (Wildman–Crippen MR) is 58.9 cm³/mol. The van der Waals surface area contributed by atoms with Gasteiger partial charge in [-0.2, -0.15) is 0 Å². The molecule has 1 aromatic heterocycles. The van der Waals surface area contributed by atoms with Gasteiger partial charge < -0.3 is 10.6 Å². The summed E-state index contributed by atoms with van der Waals surface area (Å²) in [6.45, 7) is 3.03. The number of likely N-dealkylation sites (N-methyl/N-ethyl adjacent to an activating group) is 1. The first-order valence-corrected chi connectivity index (χ1v) is 5.04. The Labute approximate surface area is 87.1 Å². The number of hydrogen-bond acceptors (Lipinski definition) is 3. The lowest BCUT2D eigenvalue weighted by atomic mass is 10.3. The minimum absolute atomic E-state index is 0.458. The number of pyridine rings is 1. The lowest BCUT2D eigenvalue weighted by molar-refractivity contribution is 0.638. The van der Waals surface area contributed by atoms with E-state index in [2.05, 4.69) is 38.5 Å². The van der Waals surface area contributed by atoms with Crippen LogP contribution < -0.4 is 10.6 Å². The van der Waals surface area contributed by atoms with Crippen molar-refractivity contribution in [3.8, 4) is 0 Å². The van der Waals surface area contributed by atoms with E-state index in [9.17, 15) is 0 Å². The van der Waals surface area contributed by atoms with Crippen molar-refractivity contribution in [2.24, 2.45) is 0 Å². The Morgan fingerprint density at radius 1 is 1.62 bits per heavy atom. The van der Waals surface area contributed by atoms with E-state index < -0.39 is 0 Å². The third kappa shape index (κ3) is 3.32. The average Bonchev–Trinajstić information content (AvgIpc) is 2.16. The van der Waals surface area contributed by atoms with Gasteiger partial charge in [0.15, 0.2) is 0 Å². The van der Waals surface area contributed by atoms with Crippen LogP contribution in [0.1, 0.15) is 6.92 Å². The molecule has 1 aromatic rings. The molecule has 3 nitrogen and oxygen atoms in total. The molecule has 1 unspecified atom stereocenters. The monoisotopic (exact) mass is 243 g/mol. The smallest absolute Gasteiger partial charge is 0.0590 e. The van der Waals surface area contributed by atoms with Gasteiger partial charge in [-0.25, -0.2) is 0 Å². The van der Waals surface area contributed by atoms with E-state index in [1.807, 2.05) is 13.1 Å². The fourth-order valence-electron chi connectivity index (χ4n) is 0.884. The van der Waals surface area contributed by atoms with E-state index in [1.165, 1.54) is 0 Å². The standard InChI is InChI=1S/C9H14BrN3/c1-7(11-2)5-13-9-3-4-12-6-8(9)10/h3-4,6-7,11H,5H2,1-2H3,(H,12,13). The third-order valence-corrected chi connectivity index (χ3v) is 2.50. The predicted octanol–water partition coefficient (Wildman–Crippen LogP) is 1.86. The fourth-order valence-corrected chi connectivity index (χ4v) is 1.27. The normalized spacial score (nSPS) is 12.5. The number of aromatic nitrogens is 1. The topological polar surface area (TPSA) is 37.0 Å². The summed E-state index contributed by atoms with van der Waals surface area (Å²) in [4.78, 5) is 3.99. The van der Waals surface area contributed by atoms with Crippen LogP contribution in [-0.2, 0) is 0 Å². The summed E-state index contributed by atoms with van der Waals surface area (Å²) < 4.78 is 0.998. The molecule has 0 saturated heterocycles. The van der Waals surface area contributed by atoms with Crippen LogP contribution >= 0.6 is 15.9 Å². The van der Waals surface area contributed by atoms with Crippen LogP contribution in [0.25, 0.3) is 0 Å². The summed E-state index contributed by atoms with van der Waals surface area (Å²) >= 11 is 3.42. The van der Waals surface area contributed by atoms with Crippen LogP contribution in [0, 0.1) is 0 Å². The van der Waals surface area contributed by atoms with Gasteiger partial charge in [0.25, 0.3) is 0 Å². The Morgan fingerprint density at radius 3 is 3.00 bits per heavy atom. The zero-order valence-electron chi connectivity index (χ0n) is 7.84. The fraction of sp³-hybridized carbons (Fsp3) is 0.444. The van der Waals surface area contributed by atoms with Crippen molar-refractivity contribution in [3.05, 3.63) is 22.9 Å². The minimum Gasteiger partial charge on any atom is -0.382 e. The highest BCUT2D eigenvalue weighted by molar-refractivity contribution is 9.10. The van der Waals surface area contributed by atoms with E-state index in [0.717, 1.165) is 16.7 Å². The number of nitrogens with zero attached hydrogens (tertiary/aromatic N) is 1. The Hall–Kier alpha value is -0.610. The summed E-state index contributed by atoms with van der Waals surface area (Å²) in [5, 5.41) is 6.48. The van der Waals surface area contributed by atoms with E-state index in [4.69, 9.17) is 0 Å². The van der Waals surface area contributed by atoms with Gasteiger partial charge in [-0.15, -0.1) is 0 Å². The van der Waals surface area contributed by atoms with Gasteiger partial charge in [-0.1, -0.05) is 0 Å². The summed E-state index contributed by atoms with van der Waals surface area (Å²) in [7, 11) is 1.95. The zero-order chi connectivity index (χ0) is 9.68. The molecule has 72 valence electrons. The Morgan fingerprint density at radius 2 is 2.38 bits per heavy atom. The molecular weight excluding hydrogens is 230 g/mol. The number of anilines is 1. The number of hydrogen-bond donors (Lipinski definition) is 2. The van der Waals surface area contributed by atoms with Gasteiger partial charge >= 0.3 is 0 Å². The van der Waals surface area contributed by atoms with Crippen LogP contribution in [0.4, 0.5) is 5.69 Å². The average molecular weight is 244 g/mol. The molecular formula is C9H14BrN3. The van der Waals surface area contributed by atoms with Gasteiger partial charge in [0.2, 0.25) is 0 Å². The maximum atomic E-state index is 3.99. The van der Waals surface area contributed by atoms with Crippen LogP contribution in [0.15, 0.2) is 22.9 Å². The second-order valence-electron chi connectivity index (χ2n) is 2.93. The summed E-state index contributed by atoms with van der Waals surface area (Å²) in [6.07, 6.45) is 3.56. The maximum absolute atomic E-state index is 3.99. The van der Waals surface area contributed by atoms with E-state index in [-0.39, 0.29) is 0 Å². The quantitative estimate of drug-likeness (QED) is 0.848. The van der Waals surface area contributed by atoms with E-state index in [1.54, 1.807) is 12.4 Å². The molecule has 2 N–H and O–H groups in total. The number of rotatable bonds is 4. The Balaban J connectivity index is 2.50. The molecule has 13 heavy (non-hydrogen) atoms. The second-order valence-corrected chi connectivity index (χ2v) is 3.78. The maximum Gasteiger partial charge on any atom is 0.0590 e. The molecule has 0 fully saturated rings. The lowest BCUT2D eigenvalue weighted by Gasteiger charge is -2.13. The molecule has 0 aromatic carbocycles. The molecule has 1 atom stereocenters. The Bertz CT molecular complexity index is 265. The molecule has 1 rings (SSSR count). The van der Waals surface area contributed by atoms with Crippen molar-refractivity contribution in [3.63, 3.8) is 0 Å². The molecule has 4 heteroatoms. The first-order valence-electron chi connectivity index (χ1n) is 4.24. The summed E-state index contributed by atoms with van der Waals surface area (Å²) in [6, 6.07) is 2.41. The highest BCUT2D eigenvalue weighted by Gasteiger charge is 2.00. The molecule has 0 amide bonds. The minimum atomic E-state index is 0.458.